The van der Waals surface area contributed by atoms with Crippen LogP contribution >= 0.6 is 0 Å². The van der Waals surface area contributed by atoms with Gasteiger partial charge in [0, 0.05) is 26.4 Å². The first kappa shape index (κ1) is 35.2. The van der Waals surface area contributed by atoms with Gasteiger partial charge in [-0.1, -0.05) is 189 Å². The largest absolute Gasteiger partial charge is 0.261 e. The van der Waals surface area contributed by atoms with Crippen LogP contribution in [0, 0.1) is 0 Å². The molecule has 0 rings (SSSR count). The fourth-order valence-electron chi connectivity index (χ4n) is 5.51. The Kier molecular flexibility index (Phi) is 28.2. The minimum Gasteiger partial charge on any atom is -0.0939 e. The molecule has 0 aromatic carbocycles. The van der Waals surface area contributed by atoms with Gasteiger partial charge in [-0.15, -0.1) is 0 Å². The molecule has 0 aliphatic heterocycles. The highest BCUT2D eigenvalue weighted by Crippen LogP contribution is 2.21. The van der Waals surface area contributed by atoms with Gasteiger partial charge in [-0.2, -0.15) is 0 Å². The maximum absolute atomic E-state index is 2.51. The Morgan fingerprint density at radius 3 is 0.735 bits per heavy atom. The van der Waals surface area contributed by atoms with Gasteiger partial charge in [0.25, 0.3) is 14.1 Å². The number of unbranched alkanes of at least 4 members (excludes halogenated alkanes) is 15. The van der Waals surface area contributed by atoms with Crippen molar-refractivity contribution in [2.24, 2.45) is 0 Å². The molecule has 0 aliphatic carbocycles. The van der Waals surface area contributed by atoms with Crippen LogP contribution in [0.1, 0.15) is 116 Å². The predicted octanol–water partition coefficient (Wildman–Crippen LogP) is 11.0. The summed E-state index contributed by atoms with van der Waals surface area (Å²) in [5.41, 5.74) is 0. The smallest absolute Gasteiger partial charge is 0.0939 e. The molecule has 0 bridgehead atoms. The summed E-state index contributed by atoms with van der Waals surface area (Å²) in [5, 5.41) is 5.03. The van der Waals surface area contributed by atoms with Crippen LogP contribution in [0.15, 0.2) is 0 Å². The SMILES string of the molecule is C[SiH](C)CCCCCCC[CH2][Al]([CH2]CCCCCCC[SiH](C)C)[CH2]CCCCCCC[SiH](C)C. The summed E-state index contributed by atoms with van der Waals surface area (Å²) < 4.78 is 0. The zero-order valence-electron chi connectivity index (χ0n) is 25.3. The van der Waals surface area contributed by atoms with Crippen molar-refractivity contribution in [2.75, 3.05) is 0 Å². The van der Waals surface area contributed by atoms with Crippen LogP contribution < -0.4 is 0 Å². The Hall–Kier alpha value is 1.18. The van der Waals surface area contributed by atoms with Crippen LogP contribution in [-0.4, -0.2) is 40.5 Å². The van der Waals surface area contributed by atoms with E-state index >= 15 is 0 Å². The molecule has 0 aliphatic rings. The summed E-state index contributed by atoms with van der Waals surface area (Å²) in [6.45, 7) is 15.0. The Morgan fingerprint density at radius 1 is 0.294 bits per heavy atom. The molecule has 0 unspecified atom stereocenters. The highest BCUT2D eigenvalue weighted by molar-refractivity contribution is 6.58. The molecule has 0 fully saturated rings. The first-order valence-electron chi connectivity index (χ1n) is 16.4. The van der Waals surface area contributed by atoms with Gasteiger partial charge < -0.3 is 0 Å². The minimum absolute atomic E-state index is 0.295. The van der Waals surface area contributed by atoms with E-state index in [4.69, 9.17) is 0 Å². The Morgan fingerprint density at radius 2 is 0.500 bits per heavy atom. The number of hydrogen-bond acceptors (Lipinski definition) is 0. The lowest BCUT2D eigenvalue weighted by atomic mass is 10.1. The third-order valence-corrected chi connectivity index (χ3v) is 16.3. The fraction of sp³-hybridized carbons (Fsp3) is 1.00. The van der Waals surface area contributed by atoms with Gasteiger partial charge in [0.2, 0.25) is 0 Å². The molecule has 0 amide bonds. The summed E-state index contributed by atoms with van der Waals surface area (Å²) in [7, 11) is -0.884. The second-order valence-corrected chi connectivity index (χ2v) is 26.7. The Balaban J connectivity index is 3.91. The normalized spacial score (nSPS) is 11.9. The van der Waals surface area contributed by atoms with Crippen LogP contribution in [-0.2, 0) is 0 Å². The molecule has 0 aromatic heterocycles. The molecule has 0 saturated heterocycles. The first-order chi connectivity index (χ1) is 16.4. The topological polar surface area (TPSA) is 0 Å². The standard InChI is InChI=1S/3C10H23Si.Al/c3*1-4-5-6-7-8-9-10-11(2)3;/h3*11H,1,4-10H2,2-3H3;. The summed E-state index contributed by atoms with van der Waals surface area (Å²) in [4.78, 5) is 0. The predicted molar refractivity (Wildman–Crippen MR) is 174 cm³/mol. The van der Waals surface area contributed by atoms with Crippen LogP contribution in [0.5, 0.6) is 0 Å². The quantitative estimate of drug-likeness (QED) is 0.0717. The van der Waals surface area contributed by atoms with Crippen molar-refractivity contribution in [3.05, 3.63) is 0 Å². The van der Waals surface area contributed by atoms with Gasteiger partial charge in [0.1, 0.15) is 0 Å². The molecular formula is C30H69AlSi3. The highest BCUT2D eigenvalue weighted by atomic mass is 28.3. The van der Waals surface area contributed by atoms with Gasteiger partial charge in [0.05, 0.1) is 0 Å². The van der Waals surface area contributed by atoms with E-state index < -0.39 is 14.1 Å². The molecule has 0 N–H and O–H groups in total. The van der Waals surface area contributed by atoms with Crippen molar-refractivity contribution in [1.82, 2.24) is 0 Å². The van der Waals surface area contributed by atoms with Crippen molar-refractivity contribution in [3.8, 4) is 0 Å². The van der Waals surface area contributed by atoms with Gasteiger partial charge in [-0.3, -0.25) is 0 Å². The van der Waals surface area contributed by atoms with E-state index in [0.717, 1.165) is 0 Å². The monoisotopic (exact) mass is 540 g/mol. The first-order valence-corrected chi connectivity index (χ1v) is 28.2. The zero-order valence-corrected chi connectivity index (χ0v) is 29.9. The molecule has 204 valence electrons. The Labute approximate surface area is 228 Å². The average Bonchev–Trinajstić information content (AvgIpc) is 2.77. The van der Waals surface area contributed by atoms with E-state index in [0.29, 0.717) is 0 Å². The molecule has 0 spiro atoms. The third-order valence-electron chi connectivity index (χ3n) is 7.93. The van der Waals surface area contributed by atoms with E-state index in [1.165, 1.54) is 77.0 Å². The minimum atomic E-state index is -0.452. The molecule has 0 heterocycles. The molecule has 0 saturated carbocycles. The van der Waals surface area contributed by atoms with Gasteiger partial charge in [-0.05, 0) is 0 Å². The summed E-state index contributed by atoms with van der Waals surface area (Å²) in [6.07, 6.45) is 27.6. The Bertz CT molecular complexity index is 330. The molecule has 0 nitrogen and oxygen atoms in total. The molecular weight excluding hydrogens is 472 g/mol. The molecule has 0 aromatic rings. The van der Waals surface area contributed by atoms with Crippen molar-refractivity contribution in [3.63, 3.8) is 0 Å². The average molecular weight is 541 g/mol. The van der Waals surface area contributed by atoms with E-state index in [2.05, 4.69) is 39.3 Å². The summed E-state index contributed by atoms with van der Waals surface area (Å²) in [5.74, 6) is 0. The lowest BCUT2D eigenvalue weighted by Gasteiger charge is -2.12. The van der Waals surface area contributed by atoms with Crippen molar-refractivity contribution < 1.29 is 0 Å². The van der Waals surface area contributed by atoms with Crippen LogP contribution in [0.4, 0.5) is 0 Å². The van der Waals surface area contributed by atoms with Crippen LogP contribution in [0.25, 0.3) is 0 Å². The highest BCUT2D eigenvalue weighted by Gasteiger charge is 2.15. The van der Waals surface area contributed by atoms with E-state index in [1.807, 2.05) is 0 Å². The molecule has 34 heavy (non-hydrogen) atoms. The van der Waals surface area contributed by atoms with Crippen molar-refractivity contribution in [2.45, 2.75) is 189 Å². The van der Waals surface area contributed by atoms with Gasteiger partial charge in [-0.25, -0.2) is 0 Å². The summed E-state index contributed by atoms with van der Waals surface area (Å²) in [6, 6.07) is 4.73. The van der Waals surface area contributed by atoms with Crippen LogP contribution in [0.2, 0.25) is 73.3 Å². The lowest BCUT2D eigenvalue weighted by molar-refractivity contribution is 0.609. The van der Waals surface area contributed by atoms with Crippen molar-refractivity contribution in [1.29, 1.82) is 0 Å². The van der Waals surface area contributed by atoms with E-state index in [-0.39, 0.29) is 26.4 Å². The second-order valence-electron chi connectivity index (χ2n) is 13.1. The van der Waals surface area contributed by atoms with Gasteiger partial charge >= 0.3 is 0 Å². The van der Waals surface area contributed by atoms with E-state index in [9.17, 15) is 0 Å². The third kappa shape index (κ3) is 29.4. The molecule has 0 atom stereocenters. The fourth-order valence-corrected chi connectivity index (χ4v) is 12.3. The van der Waals surface area contributed by atoms with Crippen LogP contribution in [0.3, 0.4) is 0 Å². The molecule has 0 radical (unpaired) electrons. The number of rotatable bonds is 27. The number of hydrogen-bond donors (Lipinski definition) is 0. The van der Waals surface area contributed by atoms with Gasteiger partial charge in [0.15, 0.2) is 0 Å². The molecule has 4 heteroatoms. The van der Waals surface area contributed by atoms with Crippen molar-refractivity contribution >= 4 is 40.5 Å². The van der Waals surface area contributed by atoms with E-state index in [1.54, 1.807) is 72.5 Å². The summed E-state index contributed by atoms with van der Waals surface area (Å²) >= 11 is -0.452. The maximum Gasteiger partial charge on any atom is 0.261 e. The maximum atomic E-state index is 2.51. The second kappa shape index (κ2) is 27.2. The lowest BCUT2D eigenvalue weighted by Crippen LogP contribution is -2.12. The zero-order chi connectivity index (χ0) is 25.3.